The van der Waals surface area contributed by atoms with Crippen molar-refractivity contribution in [3.8, 4) is 0 Å². The van der Waals surface area contributed by atoms with E-state index in [9.17, 15) is 18.4 Å². The fourth-order valence-electron chi connectivity index (χ4n) is 2.12. The highest BCUT2D eigenvalue weighted by Crippen LogP contribution is 2.20. The number of hydrogen-bond acceptors (Lipinski definition) is 4. The summed E-state index contributed by atoms with van der Waals surface area (Å²) in [6.07, 6.45) is 1.04. The van der Waals surface area contributed by atoms with Crippen molar-refractivity contribution in [1.82, 2.24) is 14.7 Å². The summed E-state index contributed by atoms with van der Waals surface area (Å²) in [5.74, 6) is -0.745. The Morgan fingerprint density at radius 2 is 1.96 bits per heavy atom. The maximum atomic E-state index is 12.5. The molecule has 0 aliphatic heterocycles. The van der Waals surface area contributed by atoms with Crippen molar-refractivity contribution in [3.63, 3.8) is 0 Å². The number of nitrogens with one attached hydrogen (secondary N) is 2. The van der Waals surface area contributed by atoms with Gasteiger partial charge in [-0.25, -0.2) is 4.68 Å². The van der Waals surface area contributed by atoms with Gasteiger partial charge in [-0.15, -0.1) is 0 Å². The van der Waals surface area contributed by atoms with E-state index in [1.807, 2.05) is 0 Å². The molecule has 0 saturated carbocycles. The summed E-state index contributed by atoms with van der Waals surface area (Å²) in [5, 5.41) is 8.87. The Balaban J connectivity index is 2.04. The number of aromatic nitrogens is 2. The van der Waals surface area contributed by atoms with Gasteiger partial charge in [0, 0.05) is 17.6 Å². The van der Waals surface area contributed by atoms with Crippen LogP contribution in [0.25, 0.3) is 0 Å². The maximum absolute atomic E-state index is 12.5. The predicted molar refractivity (Wildman–Crippen MR) is 89.8 cm³/mol. The number of carbonyl (C=O) groups is 2. The average molecular weight is 351 g/mol. The summed E-state index contributed by atoms with van der Waals surface area (Å²) in [6.45, 7) is -0.758. The Morgan fingerprint density at radius 1 is 1.24 bits per heavy atom. The van der Waals surface area contributed by atoms with E-state index in [4.69, 9.17) is 0 Å². The van der Waals surface area contributed by atoms with Crippen LogP contribution >= 0.6 is 0 Å². The number of anilines is 2. The van der Waals surface area contributed by atoms with Crippen LogP contribution in [-0.2, 0) is 4.79 Å². The number of carbonyl (C=O) groups excluding carboxylic acids is 2. The number of rotatable bonds is 6. The van der Waals surface area contributed by atoms with Gasteiger partial charge in [-0.2, -0.15) is 13.9 Å². The van der Waals surface area contributed by atoms with Crippen molar-refractivity contribution in [3.05, 3.63) is 41.7 Å². The van der Waals surface area contributed by atoms with E-state index in [2.05, 4.69) is 15.7 Å². The minimum absolute atomic E-state index is 0.110. The van der Waals surface area contributed by atoms with E-state index in [1.165, 1.54) is 6.07 Å². The van der Waals surface area contributed by atoms with Gasteiger partial charge in [-0.3, -0.25) is 9.59 Å². The van der Waals surface area contributed by atoms with Crippen molar-refractivity contribution in [1.29, 1.82) is 0 Å². The molecule has 2 rings (SSSR count). The van der Waals surface area contributed by atoms with E-state index in [0.717, 1.165) is 11.8 Å². The lowest BCUT2D eigenvalue weighted by Crippen LogP contribution is -2.27. The average Bonchev–Trinajstić information content (AvgIpc) is 2.99. The van der Waals surface area contributed by atoms with E-state index >= 15 is 0 Å². The Morgan fingerprint density at radius 3 is 2.52 bits per heavy atom. The second-order valence-electron chi connectivity index (χ2n) is 5.73. The molecule has 1 heterocycles. The van der Waals surface area contributed by atoms with Gasteiger partial charge >= 0.3 is 6.55 Å². The Bertz CT molecular complexity index is 774. The first kappa shape index (κ1) is 18.5. The lowest BCUT2D eigenvalue weighted by molar-refractivity contribution is -0.116. The van der Waals surface area contributed by atoms with Gasteiger partial charge in [0.05, 0.1) is 6.54 Å². The highest BCUT2D eigenvalue weighted by Gasteiger charge is 2.14. The quantitative estimate of drug-likeness (QED) is 0.837. The summed E-state index contributed by atoms with van der Waals surface area (Å²) in [5.41, 5.74) is 1.75. The Hall–Kier alpha value is -2.81. The summed E-state index contributed by atoms with van der Waals surface area (Å²) < 4.78 is 25.4. The largest absolute Gasteiger partial charge is 0.333 e. The molecule has 0 unspecified atom stereocenters. The van der Waals surface area contributed by atoms with Gasteiger partial charge in [0.1, 0.15) is 0 Å². The van der Waals surface area contributed by atoms with Gasteiger partial charge in [0.25, 0.3) is 5.91 Å². The molecule has 0 aliphatic carbocycles. The molecule has 0 saturated heterocycles. The van der Waals surface area contributed by atoms with Crippen LogP contribution in [0.4, 0.5) is 20.2 Å². The molecule has 2 aromatic rings. The minimum atomic E-state index is -2.80. The van der Waals surface area contributed by atoms with Gasteiger partial charge in [-0.05, 0) is 50.8 Å². The molecule has 0 atom stereocenters. The molecular formula is C16H19F2N5O2. The molecule has 1 aromatic carbocycles. The van der Waals surface area contributed by atoms with E-state index in [1.54, 1.807) is 44.1 Å². The van der Waals surface area contributed by atoms with Crippen molar-refractivity contribution in [2.24, 2.45) is 0 Å². The molecule has 2 amide bonds. The van der Waals surface area contributed by atoms with Crippen LogP contribution in [0, 0.1) is 6.92 Å². The zero-order valence-corrected chi connectivity index (χ0v) is 14.1. The molecule has 0 spiro atoms. The second kappa shape index (κ2) is 7.84. The van der Waals surface area contributed by atoms with Crippen LogP contribution in [0.3, 0.4) is 0 Å². The first-order valence-corrected chi connectivity index (χ1v) is 7.46. The van der Waals surface area contributed by atoms with Gasteiger partial charge in [0.15, 0.2) is 5.69 Å². The number of halogens is 2. The van der Waals surface area contributed by atoms with Crippen LogP contribution in [0.1, 0.15) is 22.6 Å². The summed E-state index contributed by atoms with van der Waals surface area (Å²) >= 11 is 0. The SMILES string of the molecule is Cc1cc(NC(=O)c2ccn(C(F)F)n2)ccc1NC(=O)CN(C)C. The lowest BCUT2D eigenvalue weighted by atomic mass is 10.1. The lowest BCUT2D eigenvalue weighted by Gasteiger charge is -2.13. The predicted octanol–water partition coefficient (Wildman–Crippen LogP) is 2.34. The van der Waals surface area contributed by atoms with Crippen LogP contribution in [-0.4, -0.2) is 47.1 Å². The van der Waals surface area contributed by atoms with Gasteiger partial charge in [-0.1, -0.05) is 0 Å². The number of benzene rings is 1. The van der Waals surface area contributed by atoms with Crippen molar-refractivity contribution < 1.29 is 18.4 Å². The van der Waals surface area contributed by atoms with Gasteiger partial charge < -0.3 is 15.5 Å². The number of hydrogen-bond donors (Lipinski definition) is 2. The van der Waals surface area contributed by atoms with E-state index in [-0.39, 0.29) is 18.1 Å². The molecule has 0 radical (unpaired) electrons. The molecule has 9 heteroatoms. The fourth-order valence-corrected chi connectivity index (χ4v) is 2.12. The van der Waals surface area contributed by atoms with Crippen LogP contribution in [0.2, 0.25) is 0 Å². The second-order valence-corrected chi connectivity index (χ2v) is 5.73. The molecule has 0 aliphatic rings. The summed E-state index contributed by atoms with van der Waals surface area (Å²) in [4.78, 5) is 25.6. The highest BCUT2D eigenvalue weighted by molar-refractivity contribution is 6.03. The van der Waals surface area contributed by atoms with Crippen molar-refractivity contribution >= 4 is 23.2 Å². The third kappa shape index (κ3) is 5.08. The maximum Gasteiger partial charge on any atom is 0.333 e. The molecule has 0 fully saturated rings. The van der Waals surface area contributed by atoms with E-state index in [0.29, 0.717) is 16.1 Å². The van der Waals surface area contributed by atoms with Crippen LogP contribution < -0.4 is 10.6 Å². The third-order valence-electron chi connectivity index (χ3n) is 3.26. The highest BCUT2D eigenvalue weighted by atomic mass is 19.3. The number of nitrogens with zero attached hydrogens (tertiary/aromatic N) is 3. The van der Waals surface area contributed by atoms with Crippen LogP contribution in [0.15, 0.2) is 30.5 Å². The fraction of sp³-hybridized carbons (Fsp3) is 0.312. The third-order valence-corrected chi connectivity index (χ3v) is 3.26. The number of alkyl halides is 2. The summed E-state index contributed by atoms with van der Waals surface area (Å²) in [7, 11) is 3.58. The molecular weight excluding hydrogens is 332 g/mol. The zero-order chi connectivity index (χ0) is 18.6. The first-order valence-electron chi connectivity index (χ1n) is 7.46. The molecule has 2 N–H and O–H groups in total. The van der Waals surface area contributed by atoms with Crippen molar-refractivity contribution in [2.45, 2.75) is 13.5 Å². The number of amides is 2. The minimum Gasteiger partial charge on any atom is -0.325 e. The smallest absolute Gasteiger partial charge is 0.325 e. The standard InChI is InChI=1S/C16H19F2N5O2/c1-10-8-11(4-5-12(10)20-14(24)9-22(2)3)19-15(25)13-6-7-23(21-13)16(17)18/h4-8,16H,9H2,1-3H3,(H,19,25)(H,20,24). The number of aryl methyl sites for hydroxylation is 1. The molecule has 0 bridgehead atoms. The van der Waals surface area contributed by atoms with Crippen molar-refractivity contribution in [2.75, 3.05) is 31.3 Å². The zero-order valence-electron chi connectivity index (χ0n) is 14.1. The molecule has 25 heavy (non-hydrogen) atoms. The number of likely N-dealkylation sites (N-methyl/N-ethyl adjacent to an activating group) is 1. The summed E-state index contributed by atoms with van der Waals surface area (Å²) in [6, 6.07) is 6.16. The van der Waals surface area contributed by atoms with Crippen LogP contribution in [0.5, 0.6) is 0 Å². The van der Waals surface area contributed by atoms with Gasteiger partial charge in [0.2, 0.25) is 5.91 Å². The molecule has 7 nitrogen and oxygen atoms in total. The normalized spacial score (nSPS) is 11.0. The van der Waals surface area contributed by atoms with E-state index < -0.39 is 12.5 Å². The molecule has 1 aromatic heterocycles. The first-order chi connectivity index (χ1) is 11.8. The Labute approximate surface area is 143 Å². The topological polar surface area (TPSA) is 79.3 Å². The molecule has 134 valence electrons. The monoisotopic (exact) mass is 351 g/mol. The Kier molecular flexibility index (Phi) is 5.81.